The Hall–Kier alpha value is -1.68. The van der Waals surface area contributed by atoms with Gasteiger partial charge in [0, 0.05) is 17.0 Å². The fraction of sp³-hybridized carbons (Fsp3) is 0.375. The van der Waals surface area contributed by atoms with Crippen molar-refractivity contribution in [2.45, 2.75) is 33.6 Å². The van der Waals surface area contributed by atoms with Crippen LogP contribution in [0.25, 0.3) is 10.6 Å². The van der Waals surface area contributed by atoms with Gasteiger partial charge in [-0.05, 0) is 26.3 Å². The Balaban J connectivity index is 2.15. The van der Waals surface area contributed by atoms with Crippen molar-refractivity contribution in [1.29, 1.82) is 0 Å². The molecular weight excluding hydrogens is 268 g/mol. The maximum Gasteiger partial charge on any atom is 0.225 e. The summed E-state index contributed by atoms with van der Waals surface area (Å²) in [6.45, 7) is 6.83. The number of thiazole rings is 1. The van der Waals surface area contributed by atoms with Crippen LogP contribution in [-0.2, 0) is 11.2 Å². The fourth-order valence-corrected chi connectivity index (χ4v) is 3.02. The third-order valence-corrected chi connectivity index (χ3v) is 4.26. The topological polar surface area (TPSA) is 42.0 Å². The highest BCUT2D eigenvalue weighted by Crippen LogP contribution is 2.28. The first-order valence-electron chi connectivity index (χ1n) is 6.90. The first-order valence-corrected chi connectivity index (χ1v) is 7.72. The molecule has 4 heteroatoms. The Morgan fingerprint density at radius 3 is 2.85 bits per heavy atom. The second-order valence-electron chi connectivity index (χ2n) is 4.92. The number of amides is 1. The van der Waals surface area contributed by atoms with Gasteiger partial charge >= 0.3 is 0 Å². The number of hydrogen-bond acceptors (Lipinski definition) is 3. The van der Waals surface area contributed by atoms with Gasteiger partial charge in [0.05, 0.1) is 12.1 Å². The van der Waals surface area contributed by atoms with E-state index in [1.807, 2.05) is 19.9 Å². The van der Waals surface area contributed by atoms with E-state index < -0.39 is 0 Å². The molecule has 0 fully saturated rings. The van der Waals surface area contributed by atoms with E-state index in [9.17, 15) is 4.79 Å². The van der Waals surface area contributed by atoms with Crippen LogP contribution in [-0.4, -0.2) is 17.4 Å². The SMILES string of the molecule is CCCNC(=O)Cc1sc(-c2cccc(C)c2)nc1C. The number of rotatable bonds is 5. The summed E-state index contributed by atoms with van der Waals surface area (Å²) in [6.07, 6.45) is 1.39. The number of aryl methyl sites for hydroxylation is 2. The third kappa shape index (κ3) is 3.67. The van der Waals surface area contributed by atoms with Crippen LogP contribution in [0.3, 0.4) is 0 Å². The summed E-state index contributed by atoms with van der Waals surface area (Å²) < 4.78 is 0. The number of nitrogens with one attached hydrogen (secondary N) is 1. The summed E-state index contributed by atoms with van der Waals surface area (Å²) in [6, 6.07) is 8.30. The molecule has 0 saturated carbocycles. The van der Waals surface area contributed by atoms with Gasteiger partial charge in [0.25, 0.3) is 0 Å². The van der Waals surface area contributed by atoms with Crippen LogP contribution in [0.2, 0.25) is 0 Å². The molecule has 0 bridgehead atoms. The Kier molecular flexibility index (Phi) is 4.90. The predicted molar refractivity (Wildman–Crippen MR) is 84.0 cm³/mol. The molecule has 1 amide bonds. The molecule has 1 N–H and O–H groups in total. The van der Waals surface area contributed by atoms with Gasteiger partial charge in [0.2, 0.25) is 5.91 Å². The standard InChI is InChI=1S/C16H20N2OS/c1-4-8-17-15(19)10-14-12(3)18-16(20-14)13-7-5-6-11(2)9-13/h5-7,9H,4,8,10H2,1-3H3,(H,17,19). The molecular formula is C16H20N2OS. The van der Waals surface area contributed by atoms with Crippen molar-refractivity contribution in [2.75, 3.05) is 6.54 Å². The lowest BCUT2D eigenvalue weighted by Crippen LogP contribution is -2.25. The van der Waals surface area contributed by atoms with E-state index in [0.29, 0.717) is 6.42 Å². The van der Waals surface area contributed by atoms with E-state index in [1.165, 1.54) is 5.56 Å². The van der Waals surface area contributed by atoms with Crippen LogP contribution in [0, 0.1) is 13.8 Å². The molecule has 0 spiro atoms. The van der Waals surface area contributed by atoms with E-state index >= 15 is 0 Å². The van der Waals surface area contributed by atoms with Crippen molar-refractivity contribution in [1.82, 2.24) is 10.3 Å². The Morgan fingerprint density at radius 2 is 2.15 bits per heavy atom. The molecule has 106 valence electrons. The third-order valence-electron chi connectivity index (χ3n) is 3.05. The lowest BCUT2D eigenvalue weighted by Gasteiger charge is -2.01. The molecule has 0 aliphatic heterocycles. The molecule has 1 aromatic heterocycles. The van der Waals surface area contributed by atoms with Crippen molar-refractivity contribution in [3.8, 4) is 10.6 Å². The lowest BCUT2D eigenvalue weighted by atomic mass is 10.1. The number of nitrogens with zero attached hydrogens (tertiary/aromatic N) is 1. The van der Waals surface area contributed by atoms with E-state index in [-0.39, 0.29) is 5.91 Å². The minimum Gasteiger partial charge on any atom is -0.356 e. The predicted octanol–water partition coefficient (Wildman–Crippen LogP) is 3.50. The molecule has 0 radical (unpaired) electrons. The van der Waals surface area contributed by atoms with E-state index in [4.69, 9.17) is 0 Å². The second kappa shape index (κ2) is 6.66. The zero-order valence-electron chi connectivity index (χ0n) is 12.2. The Morgan fingerprint density at radius 1 is 1.35 bits per heavy atom. The normalized spacial score (nSPS) is 10.6. The van der Waals surface area contributed by atoms with Gasteiger partial charge in [0.1, 0.15) is 5.01 Å². The first-order chi connectivity index (χ1) is 9.60. The van der Waals surface area contributed by atoms with Gasteiger partial charge in [-0.15, -0.1) is 11.3 Å². The van der Waals surface area contributed by atoms with Crippen LogP contribution in [0.5, 0.6) is 0 Å². The summed E-state index contributed by atoms with van der Waals surface area (Å²) in [5.74, 6) is 0.0781. The molecule has 3 nitrogen and oxygen atoms in total. The average molecular weight is 288 g/mol. The van der Waals surface area contributed by atoms with E-state index in [0.717, 1.165) is 34.1 Å². The molecule has 1 aromatic carbocycles. The summed E-state index contributed by atoms with van der Waals surface area (Å²) >= 11 is 1.61. The average Bonchev–Trinajstić information content (AvgIpc) is 2.78. The van der Waals surface area contributed by atoms with Crippen molar-refractivity contribution in [3.05, 3.63) is 40.4 Å². The minimum absolute atomic E-state index is 0.0781. The molecule has 0 aliphatic carbocycles. The van der Waals surface area contributed by atoms with Crippen LogP contribution < -0.4 is 5.32 Å². The van der Waals surface area contributed by atoms with Gasteiger partial charge in [-0.1, -0.05) is 30.7 Å². The van der Waals surface area contributed by atoms with Crippen LogP contribution in [0.1, 0.15) is 29.5 Å². The molecule has 0 saturated heterocycles. The van der Waals surface area contributed by atoms with Gasteiger partial charge in [0.15, 0.2) is 0 Å². The summed E-state index contributed by atoms with van der Waals surface area (Å²) in [5, 5.41) is 3.90. The maximum atomic E-state index is 11.8. The first kappa shape index (κ1) is 14.7. The van der Waals surface area contributed by atoms with Gasteiger partial charge < -0.3 is 5.32 Å². The number of benzene rings is 1. The van der Waals surface area contributed by atoms with Gasteiger partial charge in [-0.3, -0.25) is 4.79 Å². The smallest absolute Gasteiger partial charge is 0.225 e. The number of aromatic nitrogens is 1. The largest absolute Gasteiger partial charge is 0.356 e. The monoisotopic (exact) mass is 288 g/mol. The minimum atomic E-state index is 0.0781. The molecule has 2 rings (SSSR count). The second-order valence-corrected chi connectivity index (χ2v) is 6.01. The molecule has 20 heavy (non-hydrogen) atoms. The summed E-state index contributed by atoms with van der Waals surface area (Å²) in [4.78, 5) is 17.4. The molecule has 0 unspecified atom stereocenters. The lowest BCUT2D eigenvalue weighted by molar-refractivity contribution is -0.120. The number of carbonyl (C=O) groups excluding carboxylic acids is 1. The highest BCUT2D eigenvalue weighted by Gasteiger charge is 2.12. The van der Waals surface area contributed by atoms with Crippen LogP contribution >= 0.6 is 11.3 Å². The molecule has 1 heterocycles. The van der Waals surface area contributed by atoms with Crippen molar-refractivity contribution in [3.63, 3.8) is 0 Å². The van der Waals surface area contributed by atoms with Crippen LogP contribution in [0.4, 0.5) is 0 Å². The molecule has 0 atom stereocenters. The summed E-state index contributed by atoms with van der Waals surface area (Å²) in [7, 11) is 0. The Labute approximate surface area is 124 Å². The maximum absolute atomic E-state index is 11.8. The Bertz CT molecular complexity index is 604. The summed E-state index contributed by atoms with van der Waals surface area (Å²) in [5.41, 5.74) is 3.30. The van der Waals surface area contributed by atoms with E-state index in [2.05, 4.69) is 35.4 Å². The zero-order chi connectivity index (χ0) is 14.5. The van der Waals surface area contributed by atoms with Crippen molar-refractivity contribution >= 4 is 17.2 Å². The zero-order valence-corrected chi connectivity index (χ0v) is 13.0. The van der Waals surface area contributed by atoms with Gasteiger partial charge in [-0.2, -0.15) is 0 Å². The van der Waals surface area contributed by atoms with Crippen molar-refractivity contribution in [2.24, 2.45) is 0 Å². The van der Waals surface area contributed by atoms with E-state index in [1.54, 1.807) is 11.3 Å². The fourth-order valence-electron chi connectivity index (χ4n) is 1.97. The van der Waals surface area contributed by atoms with Crippen LogP contribution in [0.15, 0.2) is 24.3 Å². The molecule has 0 aliphatic rings. The van der Waals surface area contributed by atoms with Crippen molar-refractivity contribution < 1.29 is 4.79 Å². The molecule has 2 aromatic rings. The highest BCUT2D eigenvalue weighted by atomic mass is 32.1. The highest BCUT2D eigenvalue weighted by molar-refractivity contribution is 7.15. The number of hydrogen-bond donors (Lipinski definition) is 1. The van der Waals surface area contributed by atoms with Gasteiger partial charge in [-0.25, -0.2) is 4.98 Å². The number of carbonyl (C=O) groups is 1. The quantitative estimate of drug-likeness (QED) is 0.915.